The van der Waals surface area contributed by atoms with Crippen LogP contribution in [0.1, 0.15) is 37.3 Å². The molecular weight excluding hydrogens is 378 g/mol. The molecule has 1 saturated heterocycles. The van der Waals surface area contributed by atoms with Crippen LogP contribution in [0.25, 0.3) is 0 Å². The summed E-state index contributed by atoms with van der Waals surface area (Å²) < 4.78 is 0. The lowest BCUT2D eigenvalue weighted by Gasteiger charge is -2.48. The molecule has 3 aromatic carbocycles. The van der Waals surface area contributed by atoms with Crippen molar-refractivity contribution in [1.82, 2.24) is 0 Å². The van der Waals surface area contributed by atoms with E-state index in [0.717, 1.165) is 31.7 Å². The lowest BCUT2D eigenvalue weighted by atomic mass is 9.68. The monoisotopic (exact) mass is 411 g/mol. The maximum absolute atomic E-state index is 3.67. The van der Waals surface area contributed by atoms with Gasteiger partial charge in [0.05, 0.1) is 11.4 Å². The van der Waals surface area contributed by atoms with Crippen LogP contribution in [0.15, 0.2) is 72.8 Å². The lowest BCUT2D eigenvalue weighted by molar-refractivity contribution is 0.302. The molecule has 31 heavy (non-hydrogen) atoms. The van der Waals surface area contributed by atoms with Crippen molar-refractivity contribution in [3.63, 3.8) is 0 Å². The molecule has 0 radical (unpaired) electrons. The number of anilines is 4. The first-order valence-corrected chi connectivity index (χ1v) is 11.7. The number of nitrogens with zero attached hydrogens (tertiary/aromatic N) is 2. The summed E-state index contributed by atoms with van der Waals surface area (Å²) in [4.78, 5) is 5.00. The average molecular weight is 412 g/mol. The molecule has 0 amide bonds. The number of rotatable bonds is 4. The maximum Gasteiger partial charge on any atom is 0.0622 e. The fourth-order valence-electron chi connectivity index (χ4n) is 5.42. The van der Waals surface area contributed by atoms with Gasteiger partial charge in [0, 0.05) is 43.5 Å². The predicted octanol–water partition coefficient (Wildman–Crippen LogP) is 6.37. The smallest absolute Gasteiger partial charge is 0.0622 e. The Balaban J connectivity index is 1.35. The van der Waals surface area contributed by atoms with Gasteiger partial charge in [0.2, 0.25) is 0 Å². The van der Waals surface area contributed by atoms with Crippen LogP contribution in [0.2, 0.25) is 0 Å². The molecule has 3 aromatic rings. The van der Waals surface area contributed by atoms with Crippen molar-refractivity contribution in [2.75, 3.05) is 41.8 Å². The number of fused-ring (bicyclic) bond motifs is 2. The van der Waals surface area contributed by atoms with Gasteiger partial charge in [-0.25, -0.2) is 0 Å². The second-order valence-corrected chi connectivity index (χ2v) is 9.15. The molecule has 1 N–H and O–H groups in total. The quantitative estimate of drug-likeness (QED) is 0.538. The van der Waals surface area contributed by atoms with Crippen molar-refractivity contribution in [2.24, 2.45) is 0 Å². The highest BCUT2D eigenvalue weighted by molar-refractivity contribution is 5.75. The first-order valence-electron chi connectivity index (χ1n) is 11.7. The van der Waals surface area contributed by atoms with Crippen LogP contribution in [0.4, 0.5) is 22.7 Å². The third-order valence-electron chi connectivity index (χ3n) is 7.42. The van der Waals surface area contributed by atoms with Gasteiger partial charge in [-0.05, 0) is 67.1 Å². The number of aryl methyl sites for hydroxylation is 1. The van der Waals surface area contributed by atoms with E-state index in [1.54, 1.807) is 5.56 Å². The van der Waals surface area contributed by atoms with Crippen molar-refractivity contribution in [2.45, 2.75) is 38.0 Å². The van der Waals surface area contributed by atoms with Gasteiger partial charge in [-0.2, -0.15) is 0 Å². The molecular formula is C28H33N3. The topological polar surface area (TPSA) is 18.5 Å². The molecule has 1 spiro atoms. The Morgan fingerprint density at radius 1 is 0.774 bits per heavy atom. The standard InChI is InChI=1S/C28H33N3/c1-3-22-12-14-23(15-13-22)29-25-9-5-7-11-27(25)31-20-17-28(18-21-31)16-19-30(2)26-10-6-4-8-24(26)28/h4-15,29H,3,16-21H2,1-2H3. The average Bonchev–Trinajstić information content (AvgIpc) is 2.83. The first-order chi connectivity index (χ1) is 15.2. The van der Waals surface area contributed by atoms with E-state index in [2.05, 4.69) is 102 Å². The zero-order valence-corrected chi connectivity index (χ0v) is 18.8. The van der Waals surface area contributed by atoms with E-state index < -0.39 is 0 Å². The summed E-state index contributed by atoms with van der Waals surface area (Å²) in [5.41, 5.74) is 8.37. The maximum atomic E-state index is 3.67. The second-order valence-electron chi connectivity index (χ2n) is 9.15. The molecule has 2 aliphatic rings. The van der Waals surface area contributed by atoms with E-state index in [4.69, 9.17) is 0 Å². The predicted molar refractivity (Wildman–Crippen MR) is 133 cm³/mol. The molecule has 3 nitrogen and oxygen atoms in total. The normalized spacial score (nSPS) is 17.5. The van der Waals surface area contributed by atoms with Crippen LogP contribution >= 0.6 is 0 Å². The van der Waals surface area contributed by atoms with Crippen molar-refractivity contribution < 1.29 is 0 Å². The van der Waals surface area contributed by atoms with E-state index in [0.29, 0.717) is 5.41 Å². The fourth-order valence-corrected chi connectivity index (χ4v) is 5.42. The number of nitrogens with one attached hydrogen (secondary N) is 1. The molecule has 2 heterocycles. The molecule has 5 rings (SSSR count). The van der Waals surface area contributed by atoms with E-state index in [1.165, 1.54) is 41.9 Å². The van der Waals surface area contributed by atoms with Crippen LogP contribution in [0, 0.1) is 0 Å². The third kappa shape index (κ3) is 3.78. The zero-order valence-electron chi connectivity index (χ0n) is 18.8. The van der Waals surface area contributed by atoms with Gasteiger partial charge < -0.3 is 15.1 Å². The summed E-state index contributed by atoms with van der Waals surface area (Å²) in [6.07, 6.45) is 4.78. The molecule has 3 heteroatoms. The van der Waals surface area contributed by atoms with Gasteiger partial charge in [0.25, 0.3) is 0 Å². The fraction of sp³-hybridized carbons (Fsp3) is 0.357. The highest BCUT2D eigenvalue weighted by atomic mass is 15.2. The van der Waals surface area contributed by atoms with Crippen molar-refractivity contribution in [3.8, 4) is 0 Å². The molecule has 0 atom stereocenters. The molecule has 0 unspecified atom stereocenters. The van der Waals surface area contributed by atoms with Gasteiger partial charge >= 0.3 is 0 Å². The highest BCUT2D eigenvalue weighted by Crippen LogP contribution is 2.47. The minimum absolute atomic E-state index is 0.331. The number of piperidine rings is 1. The summed E-state index contributed by atoms with van der Waals surface area (Å²) >= 11 is 0. The third-order valence-corrected chi connectivity index (χ3v) is 7.42. The number of benzene rings is 3. The Hall–Kier alpha value is -2.94. The molecule has 1 fully saturated rings. The molecule has 0 aliphatic carbocycles. The van der Waals surface area contributed by atoms with Crippen molar-refractivity contribution >= 4 is 22.7 Å². The van der Waals surface area contributed by atoms with Gasteiger partial charge in [0.1, 0.15) is 0 Å². The Kier molecular flexibility index (Phi) is 5.35. The van der Waals surface area contributed by atoms with Gasteiger partial charge in [-0.3, -0.25) is 0 Å². The number of para-hydroxylation sites is 3. The number of hydrogen-bond acceptors (Lipinski definition) is 3. The van der Waals surface area contributed by atoms with Gasteiger partial charge in [-0.15, -0.1) is 0 Å². The van der Waals surface area contributed by atoms with Crippen LogP contribution in [0.5, 0.6) is 0 Å². The van der Waals surface area contributed by atoms with Crippen molar-refractivity contribution in [3.05, 3.63) is 83.9 Å². The van der Waals surface area contributed by atoms with Crippen LogP contribution in [-0.2, 0) is 11.8 Å². The number of hydrogen-bond donors (Lipinski definition) is 1. The van der Waals surface area contributed by atoms with Gasteiger partial charge in [-0.1, -0.05) is 49.4 Å². The van der Waals surface area contributed by atoms with E-state index in [9.17, 15) is 0 Å². The lowest BCUT2D eigenvalue weighted by Crippen LogP contribution is -2.47. The Bertz CT molecular complexity index is 1030. The summed E-state index contributed by atoms with van der Waals surface area (Å²) in [5.74, 6) is 0. The Labute approximate surface area is 186 Å². The minimum atomic E-state index is 0.331. The van der Waals surface area contributed by atoms with Crippen LogP contribution < -0.4 is 15.1 Å². The van der Waals surface area contributed by atoms with Gasteiger partial charge in [0.15, 0.2) is 0 Å². The summed E-state index contributed by atoms with van der Waals surface area (Å²) in [6.45, 7) is 5.56. The zero-order chi connectivity index (χ0) is 21.3. The molecule has 0 bridgehead atoms. The highest BCUT2D eigenvalue weighted by Gasteiger charge is 2.40. The first kappa shape index (κ1) is 20.0. The summed E-state index contributed by atoms with van der Waals surface area (Å²) in [7, 11) is 2.23. The van der Waals surface area contributed by atoms with Crippen LogP contribution in [0.3, 0.4) is 0 Å². The SMILES string of the molecule is CCc1ccc(Nc2ccccc2N2CCC3(CCN(C)c4ccccc43)CC2)cc1. The molecule has 160 valence electrons. The molecule has 0 aromatic heterocycles. The summed E-state index contributed by atoms with van der Waals surface area (Å²) in [6, 6.07) is 26.6. The van der Waals surface area contributed by atoms with E-state index >= 15 is 0 Å². The largest absolute Gasteiger partial charge is 0.374 e. The summed E-state index contributed by atoms with van der Waals surface area (Å²) in [5, 5.41) is 3.67. The second kappa shape index (κ2) is 8.30. The van der Waals surface area contributed by atoms with Crippen LogP contribution in [-0.4, -0.2) is 26.7 Å². The van der Waals surface area contributed by atoms with E-state index in [-0.39, 0.29) is 0 Å². The Morgan fingerprint density at radius 2 is 1.42 bits per heavy atom. The molecule has 2 aliphatic heterocycles. The molecule has 0 saturated carbocycles. The minimum Gasteiger partial charge on any atom is -0.374 e. The Morgan fingerprint density at radius 3 is 2.16 bits per heavy atom. The van der Waals surface area contributed by atoms with E-state index in [1.807, 2.05) is 0 Å². The van der Waals surface area contributed by atoms with Crippen molar-refractivity contribution in [1.29, 1.82) is 0 Å².